The second kappa shape index (κ2) is 11.9. The minimum Gasteiger partial charge on any atom is -0.493 e. The molecule has 5 rings (SSSR count). The normalized spacial score (nSPS) is 13.5. The number of carboxylic acids is 1. The third-order valence-electron chi connectivity index (χ3n) is 6.92. The second-order valence-electron chi connectivity index (χ2n) is 9.61. The van der Waals surface area contributed by atoms with Crippen molar-refractivity contribution >= 4 is 23.0 Å². The van der Waals surface area contributed by atoms with Crippen LogP contribution in [-0.2, 0) is 35.3 Å². The molecule has 0 saturated carbocycles. The first-order chi connectivity index (χ1) is 19.0. The van der Waals surface area contributed by atoms with Crippen molar-refractivity contribution in [2.24, 2.45) is 0 Å². The summed E-state index contributed by atoms with van der Waals surface area (Å²) in [5, 5.41) is 17.6. The summed E-state index contributed by atoms with van der Waals surface area (Å²) >= 11 is 0. The monoisotopic (exact) mass is 529 g/mol. The number of carbonyl (C=O) groups is 2. The first-order valence-corrected chi connectivity index (χ1v) is 13.1. The lowest BCUT2D eigenvalue weighted by Gasteiger charge is -2.18. The molecule has 202 valence electrons. The Bertz CT molecular complexity index is 1480. The van der Waals surface area contributed by atoms with Crippen LogP contribution in [0.25, 0.3) is 10.9 Å². The van der Waals surface area contributed by atoms with Gasteiger partial charge in [0.25, 0.3) is 0 Å². The number of carboxylic acid groups (broad SMARTS) is 1. The van der Waals surface area contributed by atoms with E-state index in [9.17, 15) is 14.7 Å². The summed E-state index contributed by atoms with van der Waals surface area (Å²) < 4.78 is 12.3. The third-order valence-corrected chi connectivity index (χ3v) is 6.92. The van der Waals surface area contributed by atoms with Gasteiger partial charge in [-0.2, -0.15) is 5.10 Å². The average molecular weight is 530 g/mol. The van der Waals surface area contributed by atoms with Gasteiger partial charge in [0, 0.05) is 42.1 Å². The van der Waals surface area contributed by atoms with Gasteiger partial charge in [0.15, 0.2) is 0 Å². The molecule has 1 aliphatic rings. The Hall–Kier alpha value is -4.47. The molecule has 10 heteroatoms. The molecule has 1 aromatic carbocycles. The second-order valence-corrected chi connectivity index (χ2v) is 9.61. The number of ether oxygens (including phenoxy) is 2. The van der Waals surface area contributed by atoms with E-state index in [1.54, 1.807) is 23.3 Å². The number of rotatable bonds is 10. The molecule has 4 aromatic rings. The third kappa shape index (κ3) is 6.34. The molecule has 1 aliphatic carbocycles. The Labute approximate surface area is 226 Å². The molecule has 1 atom stereocenters. The van der Waals surface area contributed by atoms with Gasteiger partial charge in [0.05, 0.1) is 37.9 Å². The number of hydrogen-bond donors (Lipinski definition) is 2. The molecular weight excluding hydrogens is 498 g/mol. The van der Waals surface area contributed by atoms with Crippen molar-refractivity contribution in [3.63, 3.8) is 0 Å². The molecule has 0 unspecified atom stereocenters. The molecule has 3 heterocycles. The predicted molar refractivity (Wildman–Crippen MR) is 144 cm³/mol. The Morgan fingerprint density at radius 1 is 1.10 bits per heavy atom. The molecular formula is C29H31N5O5. The van der Waals surface area contributed by atoms with Gasteiger partial charge >= 0.3 is 12.1 Å². The largest absolute Gasteiger partial charge is 0.493 e. The highest BCUT2D eigenvalue weighted by Crippen LogP contribution is 2.29. The van der Waals surface area contributed by atoms with Crippen LogP contribution in [0.3, 0.4) is 0 Å². The number of aliphatic carboxylic acids is 1. The number of pyridine rings is 2. The number of aryl methyl sites for hydroxylation is 2. The fourth-order valence-electron chi connectivity index (χ4n) is 4.95. The average Bonchev–Trinajstić information content (AvgIpc) is 3.37. The van der Waals surface area contributed by atoms with Gasteiger partial charge in [-0.05, 0) is 72.7 Å². The fraction of sp³-hybridized carbons (Fsp3) is 0.345. The molecule has 0 radical (unpaired) electrons. The maximum Gasteiger partial charge on any atom is 0.407 e. The highest BCUT2D eigenvalue weighted by molar-refractivity contribution is 5.81. The first kappa shape index (κ1) is 26.1. The Morgan fingerprint density at radius 2 is 1.97 bits per heavy atom. The molecule has 0 saturated heterocycles. The van der Waals surface area contributed by atoms with Gasteiger partial charge in [0.1, 0.15) is 5.75 Å². The van der Waals surface area contributed by atoms with E-state index in [0.717, 1.165) is 35.9 Å². The standard InChI is InChI=1S/C29H31N5O5/c1-38-29(37)31-16-19-12-21(17-30-15-19)27(14-28(35)36)34-26-9-8-24(13-22(26)18-32-34)39-11-10-23-7-6-20-4-2-3-5-25(20)33-23/h6-9,12-13,15,17-18,27H,2-5,10-11,14,16H2,1H3,(H,31,37)(H,35,36)/t27-/m1/s1. The van der Waals surface area contributed by atoms with E-state index in [1.807, 2.05) is 24.3 Å². The Kier molecular flexibility index (Phi) is 8.00. The molecule has 0 spiro atoms. The van der Waals surface area contributed by atoms with Gasteiger partial charge in [-0.1, -0.05) is 6.07 Å². The molecule has 1 amide bonds. The highest BCUT2D eigenvalue weighted by Gasteiger charge is 2.22. The summed E-state index contributed by atoms with van der Waals surface area (Å²) in [5.74, 6) is -0.246. The summed E-state index contributed by atoms with van der Waals surface area (Å²) in [4.78, 5) is 32.3. The number of nitrogens with zero attached hydrogens (tertiary/aromatic N) is 4. The Balaban J connectivity index is 1.30. The van der Waals surface area contributed by atoms with Crippen LogP contribution in [0.5, 0.6) is 5.75 Å². The zero-order chi connectivity index (χ0) is 27.2. The van der Waals surface area contributed by atoms with Crippen molar-refractivity contribution in [1.82, 2.24) is 25.1 Å². The van der Waals surface area contributed by atoms with E-state index in [2.05, 4.69) is 32.3 Å². The van der Waals surface area contributed by atoms with E-state index in [0.29, 0.717) is 23.5 Å². The SMILES string of the molecule is COC(=O)NCc1cncc([C@@H](CC(=O)O)n2ncc3cc(OCCc4ccc5c(n4)CCCC5)ccc32)c1. The zero-order valence-electron chi connectivity index (χ0n) is 21.8. The van der Waals surface area contributed by atoms with Crippen LogP contribution in [0.2, 0.25) is 0 Å². The van der Waals surface area contributed by atoms with Crippen LogP contribution >= 0.6 is 0 Å². The molecule has 2 N–H and O–H groups in total. The summed E-state index contributed by atoms with van der Waals surface area (Å²) in [6.45, 7) is 0.708. The van der Waals surface area contributed by atoms with E-state index in [-0.39, 0.29) is 13.0 Å². The topological polar surface area (TPSA) is 128 Å². The van der Waals surface area contributed by atoms with E-state index in [1.165, 1.54) is 31.2 Å². The van der Waals surface area contributed by atoms with Crippen molar-refractivity contribution in [2.75, 3.05) is 13.7 Å². The van der Waals surface area contributed by atoms with Gasteiger partial charge in [0.2, 0.25) is 0 Å². The quantitative estimate of drug-likeness (QED) is 0.312. The number of methoxy groups -OCH3 is 1. The van der Waals surface area contributed by atoms with E-state index < -0.39 is 18.1 Å². The summed E-state index contributed by atoms with van der Waals surface area (Å²) in [7, 11) is 1.29. The van der Waals surface area contributed by atoms with Crippen LogP contribution < -0.4 is 10.1 Å². The van der Waals surface area contributed by atoms with E-state index in [4.69, 9.17) is 9.72 Å². The minimum atomic E-state index is -0.961. The van der Waals surface area contributed by atoms with Crippen LogP contribution in [0, 0.1) is 0 Å². The lowest BCUT2D eigenvalue weighted by Crippen LogP contribution is -2.23. The van der Waals surface area contributed by atoms with Gasteiger partial charge in [-0.3, -0.25) is 19.4 Å². The molecule has 0 bridgehead atoms. The predicted octanol–water partition coefficient (Wildman–Crippen LogP) is 4.25. The van der Waals surface area contributed by atoms with Crippen LogP contribution in [0.4, 0.5) is 4.79 Å². The molecule has 0 aliphatic heterocycles. The highest BCUT2D eigenvalue weighted by atomic mass is 16.5. The fourth-order valence-corrected chi connectivity index (χ4v) is 4.95. The molecule has 0 fully saturated rings. The van der Waals surface area contributed by atoms with Crippen LogP contribution in [-0.4, -0.2) is 50.6 Å². The molecule has 39 heavy (non-hydrogen) atoms. The first-order valence-electron chi connectivity index (χ1n) is 13.1. The van der Waals surface area contributed by atoms with E-state index >= 15 is 0 Å². The molecule has 3 aromatic heterocycles. The minimum absolute atomic E-state index is 0.182. The number of nitrogens with one attached hydrogen (secondary N) is 1. The number of carbonyl (C=O) groups excluding carboxylic acids is 1. The maximum atomic E-state index is 11.8. The maximum absolute atomic E-state index is 11.8. The summed E-state index contributed by atoms with van der Waals surface area (Å²) in [6, 6.07) is 11.2. The van der Waals surface area contributed by atoms with Crippen LogP contribution in [0.1, 0.15) is 53.4 Å². The number of hydrogen-bond acceptors (Lipinski definition) is 7. The van der Waals surface area contributed by atoms with Crippen LogP contribution in [0.15, 0.2) is 55.0 Å². The molecule has 10 nitrogen and oxygen atoms in total. The lowest BCUT2D eigenvalue weighted by atomic mass is 9.96. The number of aromatic nitrogens is 4. The van der Waals surface area contributed by atoms with Crippen molar-refractivity contribution in [1.29, 1.82) is 0 Å². The number of benzene rings is 1. The zero-order valence-corrected chi connectivity index (χ0v) is 21.8. The van der Waals surface area contributed by atoms with Crippen molar-refractivity contribution in [2.45, 2.75) is 51.1 Å². The summed E-state index contributed by atoms with van der Waals surface area (Å²) in [5.41, 5.74) is 5.80. The van der Waals surface area contributed by atoms with Gasteiger partial charge in [-0.25, -0.2) is 4.79 Å². The number of amides is 1. The van der Waals surface area contributed by atoms with Crippen molar-refractivity contribution in [3.8, 4) is 5.75 Å². The smallest absolute Gasteiger partial charge is 0.407 e. The van der Waals surface area contributed by atoms with Crippen molar-refractivity contribution < 1.29 is 24.2 Å². The van der Waals surface area contributed by atoms with Gasteiger partial charge in [-0.15, -0.1) is 0 Å². The van der Waals surface area contributed by atoms with Gasteiger partial charge < -0.3 is 19.9 Å². The van der Waals surface area contributed by atoms with Crippen molar-refractivity contribution in [3.05, 3.63) is 83.1 Å². The summed E-state index contributed by atoms with van der Waals surface area (Å²) in [6.07, 6.45) is 9.54. The Morgan fingerprint density at radius 3 is 2.82 bits per heavy atom. The number of alkyl carbamates (subject to hydrolysis) is 1. The lowest BCUT2D eigenvalue weighted by molar-refractivity contribution is -0.137. The number of fused-ring (bicyclic) bond motifs is 2.